The molecule has 0 aromatic heterocycles. The zero-order valence-electron chi connectivity index (χ0n) is 17.0. The quantitative estimate of drug-likeness (QED) is 0.512. The van der Waals surface area contributed by atoms with Crippen molar-refractivity contribution < 1.29 is 14.3 Å². The van der Waals surface area contributed by atoms with Gasteiger partial charge in [-0.15, -0.1) is 0 Å². The molecule has 0 amide bonds. The molecular formula is C22H36O3. The topological polar surface area (TPSA) is 35.5 Å². The third kappa shape index (κ3) is 2.78. The van der Waals surface area contributed by atoms with Gasteiger partial charge in [0, 0.05) is 13.0 Å². The first-order valence-electron chi connectivity index (χ1n) is 10.1. The van der Waals surface area contributed by atoms with Crippen LogP contribution in [0.3, 0.4) is 0 Å². The molecule has 6 atom stereocenters. The fraction of sp³-hybridized carbons (Fsp3) is 0.864. The number of hydrogen-bond donors (Lipinski definition) is 0. The van der Waals surface area contributed by atoms with E-state index in [1.807, 2.05) is 7.11 Å². The molecule has 3 aliphatic carbocycles. The molecule has 25 heavy (non-hydrogen) atoms. The van der Waals surface area contributed by atoms with Crippen molar-refractivity contribution in [2.45, 2.75) is 78.2 Å². The molecule has 3 rings (SSSR count). The summed E-state index contributed by atoms with van der Waals surface area (Å²) < 4.78 is 11.2. The largest absolute Gasteiger partial charge is 0.469 e. The van der Waals surface area contributed by atoms with Crippen LogP contribution in [0.25, 0.3) is 0 Å². The number of methoxy groups -OCH3 is 2. The van der Waals surface area contributed by atoms with E-state index in [9.17, 15) is 4.79 Å². The third-order valence-electron chi connectivity index (χ3n) is 8.42. The maximum absolute atomic E-state index is 12.7. The van der Waals surface area contributed by atoms with Gasteiger partial charge in [-0.1, -0.05) is 31.9 Å². The monoisotopic (exact) mass is 348 g/mol. The van der Waals surface area contributed by atoms with Gasteiger partial charge in [0.15, 0.2) is 0 Å². The predicted molar refractivity (Wildman–Crippen MR) is 100 cm³/mol. The lowest BCUT2D eigenvalue weighted by atomic mass is 9.46. The van der Waals surface area contributed by atoms with Crippen LogP contribution < -0.4 is 0 Å². The molecule has 3 aliphatic rings. The van der Waals surface area contributed by atoms with Gasteiger partial charge in [0.25, 0.3) is 0 Å². The van der Waals surface area contributed by atoms with E-state index in [1.54, 1.807) is 12.7 Å². The first kappa shape index (κ1) is 18.9. The Balaban J connectivity index is 1.97. The Morgan fingerprint density at radius 1 is 1.12 bits per heavy atom. The van der Waals surface area contributed by atoms with Gasteiger partial charge in [-0.05, 0) is 69.6 Å². The maximum Gasteiger partial charge on any atom is 0.311 e. The predicted octanol–water partition coefficient (Wildman–Crippen LogP) is 5.14. The lowest BCUT2D eigenvalue weighted by Gasteiger charge is -2.57. The second-order valence-electron chi connectivity index (χ2n) is 9.50. The van der Waals surface area contributed by atoms with Crippen LogP contribution in [0.4, 0.5) is 0 Å². The summed E-state index contributed by atoms with van der Waals surface area (Å²) in [4.78, 5) is 12.7. The van der Waals surface area contributed by atoms with Crippen molar-refractivity contribution in [2.24, 2.45) is 28.6 Å². The van der Waals surface area contributed by atoms with Crippen LogP contribution in [0.2, 0.25) is 0 Å². The molecule has 0 radical (unpaired) electrons. The van der Waals surface area contributed by atoms with Gasteiger partial charge in [0.05, 0.1) is 18.1 Å². The van der Waals surface area contributed by atoms with Crippen LogP contribution in [0.15, 0.2) is 11.6 Å². The average molecular weight is 349 g/mol. The highest BCUT2D eigenvalue weighted by atomic mass is 16.5. The fourth-order valence-corrected chi connectivity index (χ4v) is 6.52. The summed E-state index contributed by atoms with van der Waals surface area (Å²) in [6, 6.07) is 0. The van der Waals surface area contributed by atoms with Crippen LogP contribution in [-0.4, -0.2) is 25.8 Å². The molecule has 3 nitrogen and oxygen atoms in total. The van der Waals surface area contributed by atoms with Crippen molar-refractivity contribution in [3.8, 4) is 0 Å². The third-order valence-corrected chi connectivity index (χ3v) is 8.42. The number of carbonyl (C=O) groups is 1. The number of esters is 1. The molecule has 2 saturated carbocycles. The van der Waals surface area contributed by atoms with Gasteiger partial charge in [-0.2, -0.15) is 0 Å². The molecule has 2 fully saturated rings. The first-order valence-corrected chi connectivity index (χ1v) is 10.1. The van der Waals surface area contributed by atoms with E-state index in [2.05, 4.69) is 33.8 Å². The van der Waals surface area contributed by atoms with Gasteiger partial charge < -0.3 is 9.47 Å². The van der Waals surface area contributed by atoms with E-state index in [4.69, 9.17) is 9.47 Å². The molecule has 3 heteroatoms. The van der Waals surface area contributed by atoms with Crippen molar-refractivity contribution in [3.63, 3.8) is 0 Å². The number of allylic oxidation sites excluding steroid dienone is 1. The van der Waals surface area contributed by atoms with Crippen LogP contribution in [0, 0.1) is 28.6 Å². The number of carbonyl (C=O) groups excluding carboxylic acids is 1. The van der Waals surface area contributed by atoms with Gasteiger partial charge in [0.2, 0.25) is 0 Å². The van der Waals surface area contributed by atoms with Gasteiger partial charge in [0.1, 0.15) is 0 Å². The normalized spacial score (nSPS) is 47.1. The van der Waals surface area contributed by atoms with E-state index < -0.39 is 0 Å². The summed E-state index contributed by atoms with van der Waals surface area (Å²) in [5.41, 5.74) is 1.43. The molecule has 0 bridgehead atoms. The van der Waals surface area contributed by atoms with Crippen LogP contribution in [0.1, 0.15) is 72.6 Å². The highest BCUT2D eigenvalue weighted by Gasteiger charge is 2.58. The number of rotatable bonds is 2. The summed E-state index contributed by atoms with van der Waals surface area (Å²) in [7, 11) is 3.40. The Morgan fingerprint density at radius 3 is 2.48 bits per heavy atom. The van der Waals surface area contributed by atoms with Crippen LogP contribution >= 0.6 is 0 Å². The average Bonchev–Trinajstić information content (AvgIpc) is 2.71. The fourth-order valence-electron chi connectivity index (χ4n) is 6.52. The SMILES string of the molecule is COC(=O)[C@]1(C)CCC[C@@]2(C)[C@H]1CCC1=C[C@H](C)[C@](C)(OC)CC[C@@H]12. The number of hydrogen-bond acceptors (Lipinski definition) is 3. The minimum Gasteiger partial charge on any atom is -0.469 e. The summed E-state index contributed by atoms with van der Waals surface area (Å²) in [5, 5.41) is 0. The molecule has 0 aromatic rings. The smallest absolute Gasteiger partial charge is 0.311 e. The number of fused-ring (bicyclic) bond motifs is 3. The summed E-state index contributed by atoms with van der Waals surface area (Å²) in [6.07, 6.45) is 10.3. The Labute approximate surface area is 153 Å². The molecule has 0 spiro atoms. The molecule has 0 N–H and O–H groups in total. The summed E-state index contributed by atoms with van der Waals surface area (Å²) in [6.45, 7) is 9.17. The molecule has 0 heterocycles. The lowest BCUT2D eigenvalue weighted by molar-refractivity contribution is -0.168. The lowest BCUT2D eigenvalue weighted by Crippen LogP contribution is -2.53. The van der Waals surface area contributed by atoms with Crippen molar-refractivity contribution in [1.82, 2.24) is 0 Å². The van der Waals surface area contributed by atoms with Gasteiger partial charge in [-0.25, -0.2) is 0 Å². The zero-order valence-corrected chi connectivity index (χ0v) is 17.0. The highest BCUT2D eigenvalue weighted by molar-refractivity contribution is 5.77. The van der Waals surface area contributed by atoms with Crippen molar-refractivity contribution in [1.29, 1.82) is 0 Å². The Hall–Kier alpha value is -0.830. The Kier molecular flexibility index (Phi) is 4.85. The first-order chi connectivity index (χ1) is 11.7. The zero-order chi connectivity index (χ0) is 18.5. The standard InChI is InChI=1S/C22H36O3/c1-15-14-16-8-9-18-20(2,17(16)10-13-22(15,4)25-6)11-7-12-21(18,3)19(23)24-5/h14-15,17-18H,7-13H2,1-6H3/t15-,17-,18+,20+,21+,22+/m0/s1. The molecule has 142 valence electrons. The maximum atomic E-state index is 12.7. The van der Waals surface area contributed by atoms with E-state index in [0.717, 1.165) is 32.1 Å². The van der Waals surface area contributed by atoms with Crippen molar-refractivity contribution in [2.75, 3.05) is 14.2 Å². The molecule has 0 saturated heterocycles. The van der Waals surface area contributed by atoms with E-state index in [0.29, 0.717) is 17.8 Å². The van der Waals surface area contributed by atoms with E-state index in [1.165, 1.54) is 12.8 Å². The van der Waals surface area contributed by atoms with Gasteiger partial charge in [-0.3, -0.25) is 4.79 Å². The highest BCUT2D eigenvalue weighted by Crippen LogP contribution is 2.63. The second-order valence-corrected chi connectivity index (χ2v) is 9.50. The number of ether oxygens (including phenoxy) is 2. The molecule has 0 aliphatic heterocycles. The van der Waals surface area contributed by atoms with Crippen LogP contribution in [-0.2, 0) is 14.3 Å². The van der Waals surface area contributed by atoms with Gasteiger partial charge >= 0.3 is 5.97 Å². The minimum absolute atomic E-state index is 0.000394. The summed E-state index contributed by atoms with van der Waals surface area (Å²) in [5.74, 6) is 1.44. The van der Waals surface area contributed by atoms with E-state index >= 15 is 0 Å². The van der Waals surface area contributed by atoms with E-state index in [-0.39, 0.29) is 22.4 Å². The molecular weight excluding hydrogens is 312 g/mol. The Bertz CT molecular complexity index is 568. The minimum atomic E-state index is -0.324. The second kappa shape index (κ2) is 6.40. The molecule has 0 aromatic carbocycles. The summed E-state index contributed by atoms with van der Waals surface area (Å²) >= 11 is 0. The van der Waals surface area contributed by atoms with Crippen LogP contribution in [0.5, 0.6) is 0 Å². The molecule has 0 unspecified atom stereocenters. The Morgan fingerprint density at radius 2 is 1.84 bits per heavy atom. The van der Waals surface area contributed by atoms with Crippen molar-refractivity contribution >= 4 is 5.97 Å². The van der Waals surface area contributed by atoms with Crippen molar-refractivity contribution in [3.05, 3.63) is 11.6 Å².